The van der Waals surface area contributed by atoms with E-state index in [1.807, 2.05) is 44.2 Å². The summed E-state index contributed by atoms with van der Waals surface area (Å²) in [6, 6.07) is 20.5. The van der Waals surface area contributed by atoms with Crippen LogP contribution in [0.2, 0.25) is 0 Å². The maximum absolute atomic E-state index is 12.8. The Morgan fingerprint density at radius 1 is 0.838 bits per heavy atom. The molecule has 8 nitrogen and oxygen atoms in total. The van der Waals surface area contributed by atoms with Crippen LogP contribution in [0.5, 0.6) is 0 Å². The molecule has 0 spiro atoms. The maximum Gasteiger partial charge on any atom is 0.261 e. The van der Waals surface area contributed by atoms with E-state index in [-0.39, 0.29) is 35.6 Å². The fourth-order valence-corrected chi connectivity index (χ4v) is 6.88. The summed E-state index contributed by atoms with van der Waals surface area (Å²) in [4.78, 5) is 12.9. The molecule has 1 heterocycles. The number of sulfonamides is 2. The van der Waals surface area contributed by atoms with E-state index in [0.717, 1.165) is 16.7 Å². The zero-order valence-electron chi connectivity index (χ0n) is 20.8. The highest BCUT2D eigenvalue weighted by molar-refractivity contribution is 7.92. The van der Waals surface area contributed by atoms with Crippen molar-refractivity contribution in [1.82, 2.24) is 4.31 Å². The predicted molar refractivity (Wildman–Crippen MR) is 145 cm³/mol. The number of nitrogens with one attached hydrogen (secondary N) is 2. The van der Waals surface area contributed by atoms with Crippen LogP contribution in [-0.2, 0) is 30.6 Å². The Labute approximate surface area is 218 Å². The maximum atomic E-state index is 12.8. The number of carbonyl (C=O) groups excluding carboxylic acids is 1. The Hall–Kier alpha value is -3.21. The second kappa shape index (κ2) is 11.0. The number of anilines is 2. The molecule has 37 heavy (non-hydrogen) atoms. The van der Waals surface area contributed by atoms with Crippen LogP contribution in [0.1, 0.15) is 29.5 Å². The molecule has 1 aliphatic rings. The van der Waals surface area contributed by atoms with E-state index in [2.05, 4.69) is 10.0 Å². The van der Waals surface area contributed by atoms with Crippen molar-refractivity contribution in [3.8, 4) is 0 Å². The van der Waals surface area contributed by atoms with Crippen LogP contribution in [0.25, 0.3) is 0 Å². The molecule has 0 radical (unpaired) electrons. The van der Waals surface area contributed by atoms with Gasteiger partial charge in [0.15, 0.2) is 0 Å². The third-order valence-electron chi connectivity index (χ3n) is 6.39. The number of carbonyl (C=O) groups is 1. The zero-order valence-corrected chi connectivity index (χ0v) is 22.5. The van der Waals surface area contributed by atoms with Gasteiger partial charge >= 0.3 is 0 Å². The normalized spacial score (nSPS) is 15.3. The Balaban J connectivity index is 1.31. The van der Waals surface area contributed by atoms with Gasteiger partial charge in [0.1, 0.15) is 0 Å². The molecule has 0 unspecified atom stereocenters. The molecular formula is C27H31N3O5S2. The van der Waals surface area contributed by atoms with Crippen LogP contribution < -0.4 is 10.0 Å². The molecular weight excluding hydrogens is 510 g/mol. The molecule has 0 bridgehead atoms. The number of piperidine rings is 1. The molecule has 0 saturated carbocycles. The first-order chi connectivity index (χ1) is 17.5. The van der Waals surface area contributed by atoms with Crippen molar-refractivity contribution >= 4 is 37.3 Å². The third-order valence-corrected chi connectivity index (χ3v) is 9.64. The number of benzene rings is 3. The van der Waals surface area contributed by atoms with Gasteiger partial charge in [-0.25, -0.2) is 21.1 Å². The quantitative estimate of drug-likeness (QED) is 0.442. The molecule has 10 heteroatoms. The second-order valence-corrected chi connectivity index (χ2v) is 13.1. The lowest BCUT2D eigenvalue weighted by Gasteiger charge is -2.30. The summed E-state index contributed by atoms with van der Waals surface area (Å²) in [5.74, 6) is -0.584. The first kappa shape index (κ1) is 26.8. The predicted octanol–water partition coefficient (Wildman–Crippen LogP) is 4.28. The molecule has 2 N–H and O–H groups in total. The number of nitrogens with zero attached hydrogens (tertiary/aromatic N) is 1. The molecule has 0 atom stereocenters. The summed E-state index contributed by atoms with van der Waals surface area (Å²) in [7, 11) is -7.23. The highest BCUT2D eigenvalue weighted by Crippen LogP contribution is 2.24. The van der Waals surface area contributed by atoms with Crippen LogP contribution >= 0.6 is 0 Å². The van der Waals surface area contributed by atoms with Crippen molar-refractivity contribution < 1.29 is 21.6 Å². The van der Waals surface area contributed by atoms with Gasteiger partial charge in [-0.2, -0.15) is 0 Å². The van der Waals surface area contributed by atoms with Gasteiger partial charge in [-0.1, -0.05) is 42.0 Å². The van der Waals surface area contributed by atoms with E-state index >= 15 is 0 Å². The summed E-state index contributed by atoms with van der Waals surface area (Å²) in [6.45, 7) is 4.40. The lowest BCUT2D eigenvalue weighted by molar-refractivity contribution is -0.120. The minimum Gasteiger partial charge on any atom is -0.326 e. The molecule has 1 amide bonds. The van der Waals surface area contributed by atoms with Crippen LogP contribution in [0, 0.1) is 19.8 Å². The van der Waals surface area contributed by atoms with Crippen molar-refractivity contribution in [2.45, 2.75) is 37.3 Å². The standard InChI is InChI=1S/C27H31N3O5S2/c1-20-6-8-22(9-7-20)19-36(32,33)30-16-14-23(15-17-30)27(31)28-24-10-12-26(13-11-24)37(34,35)29-25-5-3-4-21(2)18-25/h3-13,18,23,29H,14-17,19H2,1-2H3,(H,28,31). The summed E-state index contributed by atoms with van der Waals surface area (Å²) in [6.07, 6.45) is 0.845. The molecule has 0 aromatic heterocycles. The van der Waals surface area contributed by atoms with E-state index in [9.17, 15) is 21.6 Å². The van der Waals surface area contributed by atoms with Crippen molar-refractivity contribution in [1.29, 1.82) is 0 Å². The lowest BCUT2D eigenvalue weighted by atomic mass is 9.97. The molecule has 3 aromatic carbocycles. The van der Waals surface area contributed by atoms with Gasteiger partial charge in [0.2, 0.25) is 15.9 Å². The van der Waals surface area contributed by atoms with E-state index in [0.29, 0.717) is 24.2 Å². The van der Waals surface area contributed by atoms with Gasteiger partial charge < -0.3 is 5.32 Å². The van der Waals surface area contributed by atoms with Crippen LogP contribution in [0.15, 0.2) is 77.7 Å². The van der Waals surface area contributed by atoms with Crippen LogP contribution in [0.4, 0.5) is 11.4 Å². The summed E-state index contributed by atoms with van der Waals surface area (Å²) >= 11 is 0. The summed E-state index contributed by atoms with van der Waals surface area (Å²) in [5.41, 5.74) is 3.71. The molecule has 4 rings (SSSR count). The molecule has 1 saturated heterocycles. The lowest BCUT2D eigenvalue weighted by Crippen LogP contribution is -2.41. The van der Waals surface area contributed by atoms with Gasteiger partial charge in [-0.3, -0.25) is 9.52 Å². The monoisotopic (exact) mass is 541 g/mol. The van der Waals surface area contributed by atoms with Crippen LogP contribution in [0.3, 0.4) is 0 Å². The third kappa shape index (κ3) is 6.97. The second-order valence-electron chi connectivity index (χ2n) is 9.40. The number of hydrogen-bond donors (Lipinski definition) is 2. The highest BCUT2D eigenvalue weighted by atomic mass is 32.2. The number of amides is 1. The van der Waals surface area contributed by atoms with E-state index in [1.54, 1.807) is 30.3 Å². The number of rotatable bonds is 8. The van der Waals surface area contributed by atoms with Crippen molar-refractivity contribution in [2.24, 2.45) is 5.92 Å². The fraction of sp³-hybridized carbons (Fsp3) is 0.296. The number of aryl methyl sites for hydroxylation is 2. The van der Waals surface area contributed by atoms with Gasteiger partial charge in [-0.05, 0) is 74.2 Å². The van der Waals surface area contributed by atoms with Gasteiger partial charge in [0.05, 0.1) is 10.6 Å². The minimum atomic E-state index is -3.77. The molecule has 0 aliphatic carbocycles. The summed E-state index contributed by atoms with van der Waals surface area (Å²) in [5, 5.41) is 2.82. The average Bonchev–Trinajstić information content (AvgIpc) is 2.85. The first-order valence-electron chi connectivity index (χ1n) is 12.1. The Kier molecular flexibility index (Phi) is 8.01. The topological polar surface area (TPSA) is 113 Å². The van der Waals surface area contributed by atoms with Gasteiger partial charge in [0.25, 0.3) is 10.0 Å². The smallest absolute Gasteiger partial charge is 0.261 e. The minimum absolute atomic E-state index is 0.0574. The summed E-state index contributed by atoms with van der Waals surface area (Å²) < 4.78 is 55.0. The molecule has 1 aliphatic heterocycles. The molecule has 1 fully saturated rings. The Bertz CT molecular complexity index is 1460. The zero-order chi connectivity index (χ0) is 26.6. The van der Waals surface area contributed by atoms with E-state index in [1.165, 1.54) is 16.4 Å². The highest BCUT2D eigenvalue weighted by Gasteiger charge is 2.31. The molecule has 3 aromatic rings. The SMILES string of the molecule is Cc1ccc(CS(=O)(=O)N2CCC(C(=O)Nc3ccc(S(=O)(=O)Nc4cccc(C)c4)cc3)CC2)cc1. The molecule has 196 valence electrons. The van der Waals surface area contributed by atoms with Crippen LogP contribution in [-0.4, -0.2) is 40.1 Å². The van der Waals surface area contributed by atoms with Gasteiger partial charge in [-0.15, -0.1) is 0 Å². The fourth-order valence-electron chi connectivity index (χ4n) is 4.27. The van der Waals surface area contributed by atoms with Gasteiger partial charge in [0, 0.05) is 30.4 Å². The Morgan fingerprint density at radius 2 is 1.49 bits per heavy atom. The van der Waals surface area contributed by atoms with Crippen molar-refractivity contribution in [3.63, 3.8) is 0 Å². The largest absolute Gasteiger partial charge is 0.326 e. The number of hydrogen-bond acceptors (Lipinski definition) is 5. The van der Waals surface area contributed by atoms with Crippen molar-refractivity contribution in [3.05, 3.63) is 89.5 Å². The van der Waals surface area contributed by atoms with Crippen molar-refractivity contribution in [2.75, 3.05) is 23.1 Å². The first-order valence-corrected chi connectivity index (χ1v) is 15.1. The van der Waals surface area contributed by atoms with E-state index in [4.69, 9.17) is 0 Å². The Morgan fingerprint density at radius 3 is 2.11 bits per heavy atom. The van der Waals surface area contributed by atoms with E-state index < -0.39 is 20.0 Å². The average molecular weight is 542 g/mol.